The first-order chi connectivity index (χ1) is 7.72. The number of imidazole rings is 1. The summed E-state index contributed by atoms with van der Waals surface area (Å²) in [5.74, 6) is 1.87. The Kier molecular flexibility index (Phi) is 3.87. The van der Waals surface area contributed by atoms with Gasteiger partial charge in [-0.15, -0.1) is 11.6 Å². The molecule has 2 rings (SSSR count). The minimum absolute atomic E-state index is 0.732. The molecular weight excluding hydrogens is 288 g/mol. The number of fused-ring (bicyclic) bond motifs is 1. The van der Waals surface area contributed by atoms with Crippen molar-refractivity contribution >= 4 is 38.6 Å². The predicted octanol–water partition coefficient (Wildman–Crippen LogP) is 3.90. The molecule has 86 valence electrons. The Balaban J connectivity index is 2.29. The number of aromatic nitrogens is 2. The van der Waals surface area contributed by atoms with E-state index in [0.29, 0.717) is 0 Å². The number of benzene rings is 1. The monoisotopic (exact) mass is 300 g/mol. The lowest BCUT2D eigenvalue weighted by atomic mass is 10.2. The third kappa shape index (κ3) is 2.41. The van der Waals surface area contributed by atoms with Gasteiger partial charge in [0.2, 0.25) is 0 Å². The van der Waals surface area contributed by atoms with Crippen molar-refractivity contribution in [3.05, 3.63) is 28.5 Å². The van der Waals surface area contributed by atoms with Crippen molar-refractivity contribution in [3.8, 4) is 0 Å². The Labute approximate surface area is 109 Å². The summed E-state index contributed by atoms with van der Waals surface area (Å²) < 4.78 is 3.24. The van der Waals surface area contributed by atoms with Crippen LogP contribution in [0, 0.1) is 0 Å². The first-order valence-electron chi connectivity index (χ1n) is 5.39. The standard InChI is InChI=1S/C12H14BrClN2/c1-16-11-6-5-9(13)8-10(11)15-12(16)4-2-3-7-14/h5-6,8H,2-4,7H2,1H3. The van der Waals surface area contributed by atoms with Crippen molar-refractivity contribution in [2.75, 3.05) is 5.88 Å². The minimum Gasteiger partial charge on any atom is -0.331 e. The highest BCUT2D eigenvalue weighted by atomic mass is 79.9. The molecule has 0 aliphatic heterocycles. The number of unbranched alkanes of at least 4 members (excludes halogenated alkanes) is 1. The Morgan fingerprint density at radius 2 is 2.19 bits per heavy atom. The van der Waals surface area contributed by atoms with Gasteiger partial charge in [-0.25, -0.2) is 4.98 Å². The van der Waals surface area contributed by atoms with Crippen molar-refractivity contribution < 1.29 is 0 Å². The molecule has 0 saturated carbocycles. The van der Waals surface area contributed by atoms with Crippen LogP contribution in [0.15, 0.2) is 22.7 Å². The second-order valence-electron chi connectivity index (χ2n) is 3.87. The smallest absolute Gasteiger partial charge is 0.109 e. The van der Waals surface area contributed by atoms with Gasteiger partial charge in [0.05, 0.1) is 11.0 Å². The predicted molar refractivity (Wildman–Crippen MR) is 72.1 cm³/mol. The van der Waals surface area contributed by atoms with Crippen LogP contribution in [0.2, 0.25) is 0 Å². The Morgan fingerprint density at radius 1 is 1.38 bits per heavy atom. The summed E-state index contributed by atoms with van der Waals surface area (Å²) in [4.78, 5) is 4.63. The van der Waals surface area contributed by atoms with E-state index < -0.39 is 0 Å². The van der Waals surface area contributed by atoms with E-state index in [4.69, 9.17) is 11.6 Å². The zero-order valence-corrected chi connectivity index (χ0v) is 11.6. The van der Waals surface area contributed by atoms with Gasteiger partial charge >= 0.3 is 0 Å². The molecule has 0 spiro atoms. The molecule has 0 aliphatic carbocycles. The summed E-state index contributed by atoms with van der Waals surface area (Å²) in [6, 6.07) is 6.20. The average molecular weight is 302 g/mol. The molecule has 1 aromatic heterocycles. The highest BCUT2D eigenvalue weighted by Gasteiger charge is 2.07. The van der Waals surface area contributed by atoms with Crippen LogP contribution in [0.4, 0.5) is 0 Å². The van der Waals surface area contributed by atoms with E-state index >= 15 is 0 Å². The van der Waals surface area contributed by atoms with Crippen LogP contribution in [0.25, 0.3) is 11.0 Å². The summed E-state index contributed by atoms with van der Waals surface area (Å²) in [6.07, 6.45) is 3.14. The second-order valence-corrected chi connectivity index (χ2v) is 5.16. The molecule has 0 fully saturated rings. The van der Waals surface area contributed by atoms with Crippen molar-refractivity contribution in [1.29, 1.82) is 0 Å². The van der Waals surface area contributed by atoms with Gasteiger partial charge in [0.15, 0.2) is 0 Å². The van der Waals surface area contributed by atoms with Crippen molar-refractivity contribution in [2.24, 2.45) is 7.05 Å². The number of nitrogens with zero attached hydrogens (tertiary/aromatic N) is 2. The number of hydrogen-bond donors (Lipinski definition) is 0. The van der Waals surface area contributed by atoms with Gasteiger partial charge in [0, 0.05) is 23.8 Å². The van der Waals surface area contributed by atoms with Crippen LogP contribution < -0.4 is 0 Å². The minimum atomic E-state index is 0.732. The van der Waals surface area contributed by atoms with Crippen LogP contribution in [0.3, 0.4) is 0 Å². The van der Waals surface area contributed by atoms with Gasteiger partial charge < -0.3 is 4.57 Å². The first kappa shape index (κ1) is 11.9. The highest BCUT2D eigenvalue weighted by molar-refractivity contribution is 9.10. The number of rotatable bonds is 4. The summed E-state index contributed by atoms with van der Waals surface area (Å²) >= 11 is 9.14. The van der Waals surface area contributed by atoms with E-state index in [0.717, 1.165) is 41.0 Å². The zero-order valence-electron chi connectivity index (χ0n) is 9.21. The fourth-order valence-corrected chi connectivity index (χ4v) is 2.36. The molecule has 2 aromatic rings. The first-order valence-corrected chi connectivity index (χ1v) is 6.72. The third-order valence-electron chi connectivity index (χ3n) is 2.72. The van der Waals surface area contributed by atoms with Crippen LogP contribution in [-0.2, 0) is 13.5 Å². The normalized spacial score (nSPS) is 11.2. The molecule has 1 heterocycles. The van der Waals surface area contributed by atoms with Gasteiger partial charge in [0.1, 0.15) is 5.82 Å². The largest absolute Gasteiger partial charge is 0.331 e. The lowest BCUT2D eigenvalue weighted by molar-refractivity contribution is 0.722. The Morgan fingerprint density at radius 3 is 2.94 bits per heavy atom. The van der Waals surface area contributed by atoms with Crippen LogP contribution in [0.5, 0.6) is 0 Å². The number of halogens is 2. The number of hydrogen-bond acceptors (Lipinski definition) is 1. The maximum absolute atomic E-state index is 5.67. The molecule has 0 atom stereocenters. The van der Waals surface area contributed by atoms with E-state index in [1.165, 1.54) is 5.52 Å². The van der Waals surface area contributed by atoms with Crippen molar-refractivity contribution in [3.63, 3.8) is 0 Å². The summed E-state index contributed by atoms with van der Waals surface area (Å²) in [7, 11) is 2.07. The van der Waals surface area contributed by atoms with Gasteiger partial charge in [-0.05, 0) is 31.0 Å². The second kappa shape index (κ2) is 5.19. The Bertz CT molecular complexity index is 493. The van der Waals surface area contributed by atoms with Gasteiger partial charge in [0.25, 0.3) is 0 Å². The topological polar surface area (TPSA) is 17.8 Å². The lowest BCUT2D eigenvalue weighted by Crippen LogP contribution is -1.97. The average Bonchev–Trinajstić information content (AvgIpc) is 2.56. The van der Waals surface area contributed by atoms with Gasteiger partial charge in [-0.1, -0.05) is 15.9 Å². The molecule has 0 unspecified atom stereocenters. The molecule has 0 aliphatic rings. The van der Waals surface area contributed by atoms with E-state index in [-0.39, 0.29) is 0 Å². The summed E-state index contributed by atoms with van der Waals surface area (Å²) in [5, 5.41) is 0. The van der Waals surface area contributed by atoms with Crippen molar-refractivity contribution in [2.45, 2.75) is 19.3 Å². The third-order valence-corrected chi connectivity index (χ3v) is 3.48. The maximum Gasteiger partial charge on any atom is 0.109 e. The molecule has 1 aromatic carbocycles. The van der Waals surface area contributed by atoms with Crippen LogP contribution in [-0.4, -0.2) is 15.4 Å². The fraction of sp³-hybridized carbons (Fsp3) is 0.417. The lowest BCUT2D eigenvalue weighted by Gasteiger charge is -2.00. The Hall–Kier alpha value is -0.540. The molecule has 4 heteroatoms. The maximum atomic E-state index is 5.67. The molecule has 0 saturated heterocycles. The molecule has 2 nitrogen and oxygen atoms in total. The molecule has 0 radical (unpaired) electrons. The molecule has 0 bridgehead atoms. The quantitative estimate of drug-likeness (QED) is 0.618. The SMILES string of the molecule is Cn1c(CCCCCl)nc2cc(Br)ccc21. The zero-order chi connectivity index (χ0) is 11.5. The number of aryl methyl sites for hydroxylation is 2. The van der Waals surface area contributed by atoms with Gasteiger partial charge in [-0.2, -0.15) is 0 Å². The highest BCUT2D eigenvalue weighted by Crippen LogP contribution is 2.20. The summed E-state index contributed by atoms with van der Waals surface area (Å²) in [5.41, 5.74) is 2.24. The van der Waals surface area contributed by atoms with Crippen LogP contribution in [0.1, 0.15) is 18.7 Å². The van der Waals surface area contributed by atoms with Crippen LogP contribution >= 0.6 is 27.5 Å². The molecular formula is C12H14BrClN2. The molecule has 0 amide bonds. The van der Waals surface area contributed by atoms with Gasteiger partial charge in [-0.3, -0.25) is 0 Å². The molecule has 16 heavy (non-hydrogen) atoms. The van der Waals surface area contributed by atoms with E-state index in [1.807, 2.05) is 6.07 Å². The number of alkyl halides is 1. The summed E-state index contributed by atoms with van der Waals surface area (Å²) in [6.45, 7) is 0. The van der Waals surface area contributed by atoms with E-state index in [9.17, 15) is 0 Å². The van der Waals surface area contributed by atoms with E-state index in [1.54, 1.807) is 0 Å². The van der Waals surface area contributed by atoms with E-state index in [2.05, 4.69) is 44.7 Å². The molecule has 0 N–H and O–H groups in total. The fourth-order valence-electron chi connectivity index (χ4n) is 1.82. The van der Waals surface area contributed by atoms with Crippen molar-refractivity contribution in [1.82, 2.24) is 9.55 Å².